The van der Waals surface area contributed by atoms with Gasteiger partial charge in [-0.25, -0.2) is 0 Å². The number of amides is 2. The number of hydrogen-bond donors (Lipinski definition) is 1. The van der Waals surface area contributed by atoms with Crippen molar-refractivity contribution < 1.29 is 9.59 Å². The molecule has 0 saturated heterocycles. The Morgan fingerprint density at radius 1 is 0.842 bits per heavy atom. The highest BCUT2D eigenvalue weighted by Gasteiger charge is 2.59. The van der Waals surface area contributed by atoms with Crippen LogP contribution in [0.1, 0.15) is 64.2 Å². The fourth-order valence-electron chi connectivity index (χ4n) is 4.38. The molecule has 107 valence electrons. The van der Waals surface area contributed by atoms with Crippen LogP contribution in [0.2, 0.25) is 0 Å². The van der Waals surface area contributed by atoms with E-state index in [-0.39, 0.29) is 11.8 Å². The second-order valence-electron chi connectivity index (χ2n) is 6.18. The van der Waals surface area contributed by atoms with Crippen LogP contribution in [-0.2, 0) is 9.59 Å². The van der Waals surface area contributed by atoms with Crippen molar-refractivity contribution in [3.05, 3.63) is 0 Å². The fourth-order valence-corrected chi connectivity index (χ4v) is 4.38. The normalized spacial score (nSPS) is 25.5. The van der Waals surface area contributed by atoms with E-state index in [1.54, 1.807) is 7.05 Å². The summed E-state index contributed by atoms with van der Waals surface area (Å²) >= 11 is 0. The maximum Gasteiger partial charge on any atom is 0.248 e. The quantitative estimate of drug-likeness (QED) is 0.848. The van der Waals surface area contributed by atoms with E-state index in [1.807, 2.05) is 0 Å². The van der Waals surface area contributed by atoms with E-state index >= 15 is 0 Å². The summed E-state index contributed by atoms with van der Waals surface area (Å²) in [6, 6.07) is 0. The number of rotatable bonds is 3. The molecule has 0 aromatic carbocycles. The Morgan fingerprint density at radius 3 is 1.63 bits per heavy atom. The van der Waals surface area contributed by atoms with Crippen LogP contribution in [0, 0.1) is 10.8 Å². The summed E-state index contributed by atoms with van der Waals surface area (Å²) < 4.78 is 0. The van der Waals surface area contributed by atoms with Gasteiger partial charge in [0.05, 0.1) is 10.8 Å². The highest BCUT2D eigenvalue weighted by Crippen LogP contribution is 2.57. The average Bonchev–Trinajstić information content (AvgIpc) is 2.47. The van der Waals surface area contributed by atoms with Crippen molar-refractivity contribution >= 4 is 11.8 Å². The van der Waals surface area contributed by atoms with Gasteiger partial charge in [-0.15, -0.1) is 0 Å². The van der Waals surface area contributed by atoms with Gasteiger partial charge in [-0.2, -0.15) is 0 Å². The van der Waals surface area contributed by atoms with Gasteiger partial charge < -0.3 is 5.73 Å². The number of nitrogens with zero attached hydrogens (tertiary/aromatic N) is 1. The lowest BCUT2D eigenvalue weighted by molar-refractivity contribution is -0.158. The topological polar surface area (TPSA) is 74.3 Å². The van der Waals surface area contributed by atoms with Crippen LogP contribution in [0.25, 0.3) is 0 Å². The minimum atomic E-state index is -0.637. The lowest BCUT2D eigenvalue weighted by atomic mass is 9.51. The third-order valence-electron chi connectivity index (χ3n) is 5.41. The Bertz CT molecular complexity index is 353. The summed E-state index contributed by atoms with van der Waals surface area (Å²) in [5.74, 6) is -0.362. The van der Waals surface area contributed by atoms with E-state index in [9.17, 15) is 9.59 Å². The zero-order valence-corrected chi connectivity index (χ0v) is 11.9. The van der Waals surface area contributed by atoms with Crippen molar-refractivity contribution in [2.75, 3.05) is 7.05 Å². The molecule has 2 aliphatic rings. The van der Waals surface area contributed by atoms with E-state index < -0.39 is 10.8 Å². The molecule has 0 aromatic rings. The Kier molecular flexibility index (Phi) is 4.16. The van der Waals surface area contributed by atoms with Crippen LogP contribution in [-0.4, -0.2) is 18.9 Å². The molecule has 0 heterocycles. The summed E-state index contributed by atoms with van der Waals surface area (Å²) in [7, 11) is 1.55. The number of nitrogens with two attached hydrogens (primary N) is 1. The highest BCUT2D eigenvalue weighted by molar-refractivity contribution is 5.92. The molecule has 2 aliphatic carbocycles. The molecule has 4 heteroatoms. The van der Waals surface area contributed by atoms with Gasteiger partial charge in [-0.3, -0.25) is 14.9 Å². The molecule has 19 heavy (non-hydrogen) atoms. The minimum absolute atomic E-state index is 0.0899. The van der Waals surface area contributed by atoms with Crippen molar-refractivity contribution in [2.45, 2.75) is 64.2 Å². The minimum Gasteiger partial charge on any atom is -0.369 e. The first kappa shape index (κ1) is 14.4. The first-order chi connectivity index (χ1) is 9.09. The largest absolute Gasteiger partial charge is 0.369 e. The van der Waals surface area contributed by atoms with E-state index in [0.29, 0.717) is 0 Å². The first-order valence-corrected chi connectivity index (χ1v) is 7.53. The third-order valence-corrected chi connectivity index (χ3v) is 5.41. The van der Waals surface area contributed by atoms with Gasteiger partial charge in [0.1, 0.15) is 0 Å². The molecule has 2 rings (SSSR count). The zero-order valence-electron chi connectivity index (χ0n) is 11.9. The molecule has 2 amide bonds. The molecule has 0 spiro atoms. The van der Waals surface area contributed by atoms with Gasteiger partial charge in [0.2, 0.25) is 11.8 Å². The average molecular weight is 265 g/mol. The summed E-state index contributed by atoms with van der Waals surface area (Å²) in [5.41, 5.74) is 4.54. The van der Waals surface area contributed by atoms with Crippen LogP contribution >= 0.6 is 0 Å². The smallest absolute Gasteiger partial charge is 0.248 e. The molecule has 0 aromatic heterocycles. The Morgan fingerprint density at radius 2 is 1.26 bits per heavy atom. The molecule has 1 radical (unpaired) electrons. The van der Waals surface area contributed by atoms with Gasteiger partial charge in [0, 0.05) is 7.05 Å². The maximum absolute atomic E-state index is 12.5. The van der Waals surface area contributed by atoms with Crippen molar-refractivity contribution in [1.29, 1.82) is 0 Å². The Hall–Kier alpha value is -1.06. The molecule has 4 nitrogen and oxygen atoms in total. The van der Waals surface area contributed by atoms with Crippen molar-refractivity contribution in [2.24, 2.45) is 16.6 Å². The molecular formula is C15H25N2O2. The highest BCUT2D eigenvalue weighted by atomic mass is 16.2. The van der Waals surface area contributed by atoms with Gasteiger partial charge >= 0.3 is 0 Å². The van der Waals surface area contributed by atoms with Crippen molar-refractivity contribution in [3.8, 4) is 0 Å². The first-order valence-electron chi connectivity index (χ1n) is 7.53. The van der Waals surface area contributed by atoms with Crippen LogP contribution in [0.5, 0.6) is 0 Å². The van der Waals surface area contributed by atoms with Gasteiger partial charge in [-0.1, -0.05) is 38.5 Å². The molecule has 0 atom stereocenters. The van der Waals surface area contributed by atoms with Crippen LogP contribution in [0.3, 0.4) is 0 Å². The predicted octanol–water partition coefficient (Wildman–Crippen LogP) is 2.13. The van der Waals surface area contributed by atoms with Gasteiger partial charge in [0.25, 0.3) is 0 Å². The van der Waals surface area contributed by atoms with E-state index in [2.05, 4.69) is 5.32 Å². The number of carbonyl (C=O) groups is 2. The molecular weight excluding hydrogens is 240 g/mol. The molecule has 0 bridgehead atoms. The third kappa shape index (κ3) is 2.15. The van der Waals surface area contributed by atoms with Crippen molar-refractivity contribution in [3.63, 3.8) is 0 Å². The summed E-state index contributed by atoms with van der Waals surface area (Å²) in [6.45, 7) is 0. The summed E-state index contributed by atoms with van der Waals surface area (Å²) in [4.78, 5) is 24.8. The maximum atomic E-state index is 12.5. The van der Waals surface area contributed by atoms with Crippen LogP contribution in [0.15, 0.2) is 0 Å². The Balaban J connectivity index is 2.43. The van der Waals surface area contributed by atoms with E-state index in [0.717, 1.165) is 64.2 Å². The number of hydrogen-bond acceptors (Lipinski definition) is 2. The zero-order chi connectivity index (χ0) is 13.9. The van der Waals surface area contributed by atoms with E-state index in [4.69, 9.17) is 5.73 Å². The summed E-state index contributed by atoms with van der Waals surface area (Å²) in [5, 5.41) is 3.94. The van der Waals surface area contributed by atoms with Crippen LogP contribution in [0.4, 0.5) is 0 Å². The summed E-state index contributed by atoms with van der Waals surface area (Å²) in [6.07, 6.45) is 9.41. The van der Waals surface area contributed by atoms with Crippen molar-refractivity contribution in [1.82, 2.24) is 5.32 Å². The number of primary amides is 1. The van der Waals surface area contributed by atoms with Gasteiger partial charge in [-0.05, 0) is 25.7 Å². The Labute approximate surface area is 115 Å². The van der Waals surface area contributed by atoms with E-state index in [1.165, 1.54) is 0 Å². The molecule has 2 N–H and O–H groups in total. The SMILES string of the molecule is C[N]C(=O)C1(C2(C(N)=O)CCCCC2)CCCCC1. The second-order valence-corrected chi connectivity index (χ2v) is 6.18. The number of carbonyl (C=O) groups excluding carboxylic acids is 2. The second kappa shape index (κ2) is 5.51. The monoisotopic (exact) mass is 265 g/mol. The van der Waals surface area contributed by atoms with Gasteiger partial charge in [0.15, 0.2) is 0 Å². The van der Waals surface area contributed by atoms with Crippen LogP contribution < -0.4 is 11.1 Å². The fraction of sp³-hybridized carbons (Fsp3) is 0.867. The standard InChI is InChI=1S/C15H25N2O2/c1-17-13(19)15(10-6-3-7-11-15)14(12(16)18)8-4-2-5-9-14/h2-11H2,1H3,(H2,16,18). The molecule has 2 saturated carbocycles. The predicted molar refractivity (Wildman–Crippen MR) is 73.3 cm³/mol. The molecule has 2 fully saturated rings. The lowest BCUT2D eigenvalue weighted by Crippen LogP contribution is -2.58. The lowest BCUT2D eigenvalue weighted by Gasteiger charge is -2.51. The molecule has 0 aliphatic heterocycles. The molecule has 0 unspecified atom stereocenters.